The average molecular weight is 480 g/mol. The summed E-state index contributed by atoms with van der Waals surface area (Å²) >= 11 is 18.6. The number of carboxylic acid groups (broad SMARTS) is 1. The van der Waals surface area contributed by atoms with E-state index in [0.717, 1.165) is 29.7 Å². The number of ether oxygens (including phenoxy) is 1. The number of rotatable bonds is 6. The molecule has 0 amide bonds. The molecule has 1 aliphatic rings. The lowest BCUT2D eigenvalue weighted by atomic mass is 9.97. The number of nitrogens with one attached hydrogen (secondary N) is 1. The molecule has 0 saturated heterocycles. The lowest BCUT2D eigenvalue weighted by Gasteiger charge is -2.30. The smallest absolute Gasteiger partial charge is 0.336 e. The number of aromatic amines is 1. The summed E-state index contributed by atoms with van der Waals surface area (Å²) in [6.07, 6.45) is 1.71. The van der Waals surface area contributed by atoms with E-state index in [4.69, 9.17) is 39.5 Å². The van der Waals surface area contributed by atoms with E-state index in [-0.39, 0.29) is 0 Å². The van der Waals surface area contributed by atoms with Crippen LogP contribution >= 0.6 is 34.8 Å². The van der Waals surface area contributed by atoms with Crippen molar-refractivity contribution in [3.05, 3.63) is 74.4 Å². The second-order valence-corrected chi connectivity index (χ2v) is 9.07. The molecule has 1 fully saturated rings. The number of hydrogen-bond donors (Lipinski definition) is 2. The quantitative estimate of drug-likeness (QED) is 0.405. The topological polar surface area (TPSA) is 75.2 Å². The molecule has 1 atom stereocenters. The Morgan fingerprint density at radius 3 is 2.35 bits per heavy atom. The fourth-order valence-electron chi connectivity index (χ4n) is 4.10. The van der Waals surface area contributed by atoms with Crippen molar-refractivity contribution in [1.82, 2.24) is 10.2 Å². The van der Waals surface area contributed by atoms with Gasteiger partial charge in [-0.2, -0.15) is 5.10 Å². The van der Waals surface area contributed by atoms with E-state index in [1.54, 1.807) is 30.3 Å². The lowest BCUT2D eigenvalue weighted by Crippen LogP contribution is -2.40. The average Bonchev–Trinajstić information content (AvgIpc) is 3.35. The Balaban J connectivity index is 1.81. The molecule has 0 spiro atoms. The summed E-state index contributed by atoms with van der Waals surface area (Å²) in [6, 6.07) is 12.5. The van der Waals surface area contributed by atoms with E-state index in [9.17, 15) is 9.90 Å². The molecule has 3 aromatic rings. The van der Waals surface area contributed by atoms with Gasteiger partial charge in [-0.1, -0.05) is 53.0 Å². The summed E-state index contributed by atoms with van der Waals surface area (Å²) in [5.74, 6) is -0.966. The highest BCUT2D eigenvalue weighted by atomic mass is 35.5. The minimum absolute atomic E-state index is 0.395. The van der Waals surface area contributed by atoms with Gasteiger partial charge in [0.25, 0.3) is 0 Å². The second-order valence-electron chi connectivity index (χ2n) is 7.79. The molecule has 1 unspecified atom stereocenters. The summed E-state index contributed by atoms with van der Waals surface area (Å²) in [5.41, 5.74) is 2.49. The van der Waals surface area contributed by atoms with E-state index in [2.05, 4.69) is 10.2 Å². The van der Waals surface area contributed by atoms with Gasteiger partial charge in [0.05, 0.1) is 11.4 Å². The van der Waals surface area contributed by atoms with Crippen molar-refractivity contribution in [2.75, 3.05) is 0 Å². The first kappa shape index (κ1) is 22.2. The maximum Gasteiger partial charge on any atom is 0.336 e. The minimum atomic E-state index is -1.28. The minimum Gasteiger partial charge on any atom is -0.479 e. The van der Waals surface area contributed by atoms with Crippen LogP contribution in [-0.2, 0) is 9.53 Å². The van der Waals surface area contributed by atoms with Crippen molar-refractivity contribution in [3.8, 4) is 11.3 Å². The molecule has 0 radical (unpaired) electrons. The predicted octanol–water partition coefficient (Wildman–Crippen LogP) is 6.85. The Morgan fingerprint density at radius 2 is 1.74 bits per heavy atom. The van der Waals surface area contributed by atoms with Crippen LogP contribution in [0.4, 0.5) is 0 Å². The molecule has 1 aromatic heterocycles. The van der Waals surface area contributed by atoms with Crippen molar-refractivity contribution in [1.29, 1.82) is 0 Å². The van der Waals surface area contributed by atoms with Crippen LogP contribution in [-0.4, -0.2) is 26.9 Å². The number of halogens is 3. The number of carbonyl (C=O) groups is 1. The zero-order chi connectivity index (χ0) is 22.2. The normalized spacial score (nSPS) is 16.4. The van der Waals surface area contributed by atoms with Crippen LogP contribution in [0.3, 0.4) is 0 Å². The first-order valence-electron chi connectivity index (χ1n) is 9.98. The summed E-state index contributed by atoms with van der Waals surface area (Å²) in [6.45, 7) is 1.92. The molecule has 162 valence electrons. The van der Waals surface area contributed by atoms with Crippen LogP contribution in [0.5, 0.6) is 0 Å². The molecule has 5 nitrogen and oxygen atoms in total. The lowest BCUT2D eigenvalue weighted by molar-refractivity contribution is -0.171. The van der Waals surface area contributed by atoms with Crippen LogP contribution < -0.4 is 0 Å². The Morgan fingerprint density at radius 1 is 1.10 bits per heavy atom. The first-order valence-corrected chi connectivity index (χ1v) is 11.1. The molecule has 1 heterocycles. The fraction of sp³-hybridized carbons (Fsp3) is 0.304. The van der Waals surface area contributed by atoms with E-state index in [0.29, 0.717) is 39.2 Å². The van der Waals surface area contributed by atoms with Crippen LogP contribution in [0.2, 0.25) is 15.1 Å². The molecular formula is C23H21Cl3N2O3. The number of benzene rings is 2. The monoisotopic (exact) mass is 478 g/mol. The molecule has 1 saturated carbocycles. The maximum absolute atomic E-state index is 12.2. The van der Waals surface area contributed by atoms with Gasteiger partial charge in [0.1, 0.15) is 6.10 Å². The SMILES string of the molecule is Cc1c(C(OC2(C(=O)O)CCCC2)c2ccc(Cl)cc2Cl)n[nH]c1-c1ccc(Cl)cc1. The van der Waals surface area contributed by atoms with Gasteiger partial charge < -0.3 is 9.84 Å². The van der Waals surface area contributed by atoms with Gasteiger partial charge in [0.15, 0.2) is 5.60 Å². The van der Waals surface area contributed by atoms with Gasteiger partial charge in [0, 0.05) is 26.2 Å². The van der Waals surface area contributed by atoms with Crippen molar-refractivity contribution in [2.24, 2.45) is 0 Å². The van der Waals surface area contributed by atoms with Gasteiger partial charge in [0.2, 0.25) is 0 Å². The third-order valence-electron chi connectivity index (χ3n) is 5.82. The predicted molar refractivity (Wildman–Crippen MR) is 122 cm³/mol. The fourth-order valence-corrected chi connectivity index (χ4v) is 4.73. The summed E-state index contributed by atoms with van der Waals surface area (Å²) in [4.78, 5) is 12.2. The number of nitrogens with zero attached hydrogens (tertiary/aromatic N) is 1. The van der Waals surface area contributed by atoms with Gasteiger partial charge in [-0.15, -0.1) is 0 Å². The molecule has 4 rings (SSSR count). The Labute approximate surface area is 195 Å². The zero-order valence-electron chi connectivity index (χ0n) is 16.8. The second kappa shape index (κ2) is 8.83. The summed E-state index contributed by atoms with van der Waals surface area (Å²) in [5, 5.41) is 19.1. The number of aromatic nitrogens is 2. The Hall–Kier alpha value is -2.05. The standard InChI is InChI=1S/C23H21Cl3N2O3/c1-13-19(14-4-6-15(24)7-5-14)27-28-20(13)21(17-9-8-16(25)12-18(17)26)31-23(22(29)30)10-2-3-11-23/h4-9,12,21H,2-3,10-11H2,1H3,(H,27,28)(H,29,30). The van der Waals surface area contributed by atoms with Crippen molar-refractivity contribution in [2.45, 2.75) is 44.3 Å². The summed E-state index contributed by atoms with van der Waals surface area (Å²) < 4.78 is 6.37. The largest absolute Gasteiger partial charge is 0.479 e. The molecule has 8 heteroatoms. The van der Waals surface area contributed by atoms with E-state index >= 15 is 0 Å². The van der Waals surface area contributed by atoms with Crippen LogP contribution in [0, 0.1) is 6.92 Å². The highest BCUT2D eigenvalue weighted by molar-refractivity contribution is 6.35. The van der Waals surface area contributed by atoms with Crippen molar-refractivity contribution < 1.29 is 14.6 Å². The number of hydrogen-bond acceptors (Lipinski definition) is 3. The van der Waals surface area contributed by atoms with Crippen molar-refractivity contribution in [3.63, 3.8) is 0 Å². The number of carboxylic acids is 1. The van der Waals surface area contributed by atoms with Crippen LogP contribution in [0.15, 0.2) is 42.5 Å². The molecule has 0 aliphatic heterocycles. The van der Waals surface area contributed by atoms with Crippen LogP contribution in [0.25, 0.3) is 11.3 Å². The van der Waals surface area contributed by atoms with Gasteiger partial charge in [-0.3, -0.25) is 5.10 Å². The highest BCUT2D eigenvalue weighted by Crippen LogP contribution is 2.43. The molecule has 31 heavy (non-hydrogen) atoms. The molecular weight excluding hydrogens is 459 g/mol. The van der Waals surface area contributed by atoms with Gasteiger partial charge in [-0.25, -0.2) is 4.79 Å². The maximum atomic E-state index is 12.2. The molecule has 0 bridgehead atoms. The van der Waals surface area contributed by atoms with E-state index < -0.39 is 17.7 Å². The molecule has 2 aromatic carbocycles. The van der Waals surface area contributed by atoms with Crippen molar-refractivity contribution >= 4 is 40.8 Å². The highest BCUT2D eigenvalue weighted by Gasteiger charge is 2.46. The number of H-pyrrole nitrogens is 1. The Kier molecular flexibility index (Phi) is 6.31. The van der Waals surface area contributed by atoms with E-state index in [1.165, 1.54) is 0 Å². The zero-order valence-corrected chi connectivity index (χ0v) is 19.1. The van der Waals surface area contributed by atoms with Crippen LogP contribution in [0.1, 0.15) is 48.6 Å². The Bertz CT molecular complexity index is 1110. The van der Waals surface area contributed by atoms with Gasteiger partial charge >= 0.3 is 5.97 Å². The molecule has 1 aliphatic carbocycles. The van der Waals surface area contributed by atoms with Gasteiger partial charge in [-0.05, 0) is 62.4 Å². The number of aliphatic carboxylic acids is 1. The van der Waals surface area contributed by atoms with E-state index in [1.807, 2.05) is 19.1 Å². The summed E-state index contributed by atoms with van der Waals surface area (Å²) in [7, 11) is 0. The first-order chi connectivity index (χ1) is 14.8. The molecule has 2 N–H and O–H groups in total. The third-order valence-corrected chi connectivity index (χ3v) is 6.63. The third kappa shape index (κ3) is 4.33.